The Morgan fingerprint density at radius 3 is 2.50 bits per heavy atom. The second-order valence-electron chi connectivity index (χ2n) is 7.88. The molecule has 3 aromatic heterocycles. The lowest BCUT2D eigenvalue weighted by molar-refractivity contribution is 0.0512. The van der Waals surface area contributed by atoms with Gasteiger partial charge >= 0.3 is 5.97 Å². The van der Waals surface area contributed by atoms with Gasteiger partial charge in [0.05, 0.1) is 35.0 Å². The third-order valence-electron chi connectivity index (χ3n) is 5.81. The Morgan fingerprint density at radius 1 is 1.03 bits per heavy atom. The molecule has 2 aromatic carbocycles. The number of rotatable bonds is 4. The van der Waals surface area contributed by atoms with Gasteiger partial charge in [-0.2, -0.15) is 5.10 Å². The van der Waals surface area contributed by atoms with Gasteiger partial charge in [-0.05, 0) is 31.5 Å². The fourth-order valence-corrected chi connectivity index (χ4v) is 4.38. The maximum absolute atomic E-state index is 12.3. The van der Waals surface area contributed by atoms with E-state index < -0.39 is 5.97 Å². The van der Waals surface area contributed by atoms with Crippen molar-refractivity contribution in [1.29, 1.82) is 0 Å². The van der Waals surface area contributed by atoms with Crippen molar-refractivity contribution < 1.29 is 14.3 Å². The SMILES string of the molecule is CCOC(=O)c1nc2c3c(ncn2n1)Oc1c(c(C)nn1-c1ccccc1)[C@H]3c1ccccc1. The molecule has 6 rings (SSSR count). The molecular formula is C25H20N6O3. The van der Waals surface area contributed by atoms with Crippen LogP contribution in [0.5, 0.6) is 11.8 Å². The molecule has 0 spiro atoms. The van der Waals surface area contributed by atoms with E-state index in [9.17, 15) is 4.79 Å². The molecule has 0 amide bonds. The van der Waals surface area contributed by atoms with E-state index in [1.807, 2.05) is 55.5 Å². The van der Waals surface area contributed by atoms with Crippen LogP contribution in [0.3, 0.4) is 0 Å². The molecule has 0 saturated carbocycles. The minimum Gasteiger partial charge on any atom is -0.460 e. The summed E-state index contributed by atoms with van der Waals surface area (Å²) >= 11 is 0. The summed E-state index contributed by atoms with van der Waals surface area (Å²) in [7, 11) is 0. The first-order chi connectivity index (χ1) is 16.7. The number of nitrogens with zero attached hydrogens (tertiary/aromatic N) is 6. The van der Waals surface area contributed by atoms with Gasteiger partial charge in [-0.25, -0.2) is 24.0 Å². The molecule has 0 fully saturated rings. The third-order valence-corrected chi connectivity index (χ3v) is 5.81. The van der Waals surface area contributed by atoms with Gasteiger partial charge in [0.25, 0.3) is 5.82 Å². The molecule has 0 aliphatic carbocycles. The van der Waals surface area contributed by atoms with Crippen LogP contribution in [0.2, 0.25) is 0 Å². The Balaban J connectivity index is 1.61. The monoisotopic (exact) mass is 452 g/mol. The molecule has 9 heteroatoms. The minimum atomic E-state index is -0.582. The van der Waals surface area contributed by atoms with Crippen LogP contribution in [0, 0.1) is 6.92 Å². The van der Waals surface area contributed by atoms with Gasteiger partial charge in [-0.1, -0.05) is 48.5 Å². The first-order valence-corrected chi connectivity index (χ1v) is 11.0. The Bertz CT molecular complexity index is 1530. The highest BCUT2D eigenvalue weighted by molar-refractivity contribution is 5.86. The van der Waals surface area contributed by atoms with Crippen LogP contribution in [0.25, 0.3) is 11.3 Å². The number of carbonyl (C=O) groups excluding carboxylic acids is 1. The zero-order chi connectivity index (χ0) is 23.2. The predicted molar refractivity (Wildman–Crippen MR) is 123 cm³/mol. The molecule has 0 radical (unpaired) electrons. The summed E-state index contributed by atoms with van der Waals surface area (Å²) in [4.78, 5) is 21.4. The van der Waals surface area contributed by atoms with Crippen LogP contribution in [-0.2, 0) is 4.74 Å². The van der Waals surface area contributed by atoms with Gasteiger partial charge in [0.1, 0.15) is 6.33 Å². The van der Waals surface area contributed by atoms with Crippen molar-refractivity contribution in [3.63, 3.8) is 0 Å². The van der Waals surface area contributed by atoms with Crippen molar-refractivity contribution in [2.75, 3.05) is 6.61 Å². The molecule has 9 nitrogen and oxygen atoms in total. The quantitative estimate of drug-likeness (QED) is 0.372. The summed E-state index contributed by atoms with van der Waals surface area (Å²) < 4.78 is 14.7. The Hall–Kier alpha value is -4.53. The number of fused-ring (bicyclic) bond motifs is 4. The number of carbonyl (C=O) groups is 1. The van der Waals surface area contributed by atoms with E-state index in [4.69, 9.17) is 14.6 Å². The third kappa shape index (κ3) is 3.05. The summed E-state index contributed by atoms with van der Waals surface area (Å²) in [5.41, 5.74) is 4.86. The van der Waals surface area contributed by atoms with Crippen LogP contribution in [0.1, 0.15) is 45.8 Å². The Labute approximate surface area is 194 Å². The topological polar surface area (TPSA) is 96.4 Å². The van der Waals surface area contributed by atoms with E-state index in [0.717, 1.165) is 28.1 Å². The summed E-state index contributed by atoms with van der Waals surface area (Å²) in [6.45, 7) is 3.94. The van der Waals surface area contributed by atoms with Gasteiger partial charge in [0, 0.05) is 0 Å². The van der Waals surface area contributed by atoms with Crippen LogP contribution in [0.4, 0.5) is 0 Å². The first kappa shape index (κ1) is 20.1. The standard InChI is InChI=1S/C25H20N6O3/c1-3-33-25(32)21-27-22-20-19(16-10-6-4-7-11-16)18-15(2)28-31(17-12-8-5-9-13-17)24(18)34-23(20)26-14-30(22)29-21/h4-14,19H,3H2,1-2H3/t19-/m1/s1. The van der Waals surface area contributed by atoms with E-state index in [0.29, 0.717) is 17.4 Å². The molecule has 4 heterocycles. The van der Waals surface area contributed by atoms with Gasteiger partial charge in [0.2, 0.25) is 11.8 Å². The Kier molecular flexibility index (Phi) is 4.61. The molecule has 0 saturated heterocycles. The van der Waals surface area contributed by atoms with Crippen LogP contribution in [0.15, 0.2) is 67.0 Å². The molecule has 168 valence electrons. The number of benzene rings is 2. The van der Waals surface area contributed by atoms with E-state index in [1.54, 1.807) is 11.6 Å². The van der Waals surface area contributed by atoms with Crippen molar-refractivity contribution in [2.45, 2.75) is 19.8 Å². The lowest BCUT2D eigenvalue weighted by Gasteiger charge is -2.26. The van der Waals surface area contributed by atoms with Crippen molar-refractivity contribution >= 4 is 11.6 Å². The average Bonchev–Trinajstić information content (AvgIpc) is 3.45. The maximum atomic E-state index is 12.3. The summed E-state index contributed by atoms with van der Waals surface area (Å²) in [6.07, 6.45) is 1.49. The predicted octanol–water partition coefficient (Wildman–Crippen LogP) is 4.08. The molecule has 0 N–H and O–H groups in total. The van der Waals surface area contributed by atoms with Gasteiger partial charge < -0.3 is 9.47 Å². The highest BCUT2D eigenvalue weighted by Crippen LogP contribution is 2.49. The molecule has 0 bridgehead atoms. The zero-order valence-corrected chi connectivity index (χ0v) is 18.5. The number of para-hydroxylation sites is 1. The molecule has 34 heavy (non-hydrogen) atoms. The number of hydrogen-bond donors (Lipinski definition) is 0. The van der Waals surface area contributed by atoms with Crippen molar-refractivity contribution in [3.8, 4) is 17.4 Å². The summed E-state index contributed by atoms with van der Waals surface area (Å²) in [5.74, 6) is 0.127. The second kappa shape index (κ2) is 7.80. The summed E-state index contributed by atoms with van der Waals surface area (Å²) in [5, 5.41) is 9.10. The zero-order valence-electron chi connectivity index (χ0n) is 18.5. The van der Waals surface area contributed by atoms with E-state index in [2.05, 4.69) is 27.2 Å². The molecule has 0 unspecified atom stereocenters. The van der Waals surface area contributed by atoms with Crippen LogP contribution in [-0.4, -0.2) is 41.9 Å². The van der Waals surface area contributed by atoms with E-state index >= 15 is 0 Å². The maximum Gasteiger partial charge on any atom is 0.378 e. The minimum absolute atomic E-state index is 0.0219. The van der Waals surface area contributed by atoms with Gasteiger partial charge in [0.15, 0.2) is 5.65 Å². The summed E-state index contributed by atoms with van der Waals surface area (Å²) in [6, 6.07) is 19.9. The molecule has 1 atom stereocenters. The fraction of sp³-hybridized carbons (Fsp3) is 0.160. The van der Waals surface area contributed by atoms with Crippen molar-refractivity contribution in [3.05, 3.63) is 95.2 Å². The Morgan fingerprint density at radius 2 is 1.76 bits per heavy atom. The fourth-order valence-electron chi connectivity index (χ4n) is 4.38. The average molecular weight is 452 g/mol. The molecule has 1 aliphatic heterocycles. The van der Waals surface area contributed by atoms with Crippen molar-refractivity contribution in [1.82, 2.24) is 29.4 Å². The van der Waals surface area contributed by atoms with Gasteiger partial charge in [-0.15, -0.1) is 5.10 Å². The normalized spacial score (nSPS) is 14.4. The lowest BCUT2D eigenvalue weighted by atomic mass is 9.84. The molecular weight excluding hydrogens is 432 g/mol. The van der Waals surface area contributed by atoms with Crippen LogP contribution >= 0.6 is 0 Å². The number of aromatic nitrogens is 6. The van der Waals surface area contributed by atoms with Crippen molar-refractivity contribution in [2.24, 2.45) is 0 Å². The van der Waals surface area contributed by atoms with E-state index in [-0.39, 0.29) is 18.3 Å². The van der Waals surface area contributed by atoms with Crippen LogP contribution < -0.4 is 4.74 Å². The largest absolute Gasteiger partial charge is 0.460 e. The van der Waals surface area contributed by atoms with E-state index in [1.165, 1.54) is 10.8 Å². The van der Waals surface area contributed by atoms with Gasteiger partial charge in [-0.3, -0.25) is 0 Å². The molecule has 1 aliphatic rings. The highest BCUT2D eigenvalue weighted by atomic mass is 16.5. The lowest BCUT2D eigenvalue weighted by Crippen LogP contribution is -2.16. The number of esters is 1. The number of hydrogen-bond acceptors (Lipinski definition) is 7. The smallest absolute Gasteiger partial charge is 0.378 e. The first-order valence-electron chi connectivity index (χ1n) is 11.0. The second-order valence-corrected chi connectivity index (χ2v) is 7.88. The number of aryl methyl sites for hydroxylation is 1. The number of ether oxygens (including phenoxy) is 2. The molecule has 5 aromatic rings. The highest BCUT2D eigenvalue weighted by Gasteiger charge is 2.38.